The van der Waals surface area contributed by atoms with Crippen LogP contribution >= 0.6 is 0 Å². The maximum atomic E-state index is 4.76. The van der Waals surface area contributed by atoms with Gasteiger partial charge in [0.2, 0.25) is 0 Å². The number of nitrogens with one attached hydrogen (secondary N) is 1. The monoisotopic (exact) mass is 350 g/mol. The lowest BCUT2D eigenvalue weighted by atomic mass is 9.79. The number of pyridine rings is 1. The summed E-state index contributed by atoms with van der Waals surface area (Å²) in [6.45, 7) is 2.96. The van der Waals surface area contributed by atoms with Gasteiger partial charge in [0.15, 0.2) is 0 Å². The molecular formula is C20H26N6. The van der Waals surface area contributed by atoms with E-state index < -0.39 is 0 Å². The second kappa shape index (κ2) is 6.68. The first-order valence-electron chi connectivity index (χ1n) is 9.17. The molecule has 0 aliphatic heterocycles. The number of rotatable bonds is 5. The average Bonchev–Trinajstić information content (AvgIpc) is 2.91. The van der Waals surface area contributed by atoms with Crippen LogP contribution in [0, 0.1) is 6.92 Å². The van der Waals surface area contributed by atoms with Crippen LogP contribution in [0.4, 0.5) is 5.82 Å². The van der Waals surface area contributed by atoms with E-state index in [4.69, 9.17) is 4.98 Å². The smallest absolute Gasteiger partial charge is 0.146 e. The molecule has 0 unspecified atom stereocenters. The summed E-state index contributed by atoms with van der Waals surface area (Å²) in [4.78, 5) is 6.88. The van der Waals surface area contributed by atoms with Gasteiger partial charge in [0.1, 0.15) is 17.5 Å². The minimum Gasteiger partial charge on any atom is -0.367 e. The van der Waals surface area contributed by atoms with Crippen LogP contribution < -0.4 is 5.32 Å². The highest BCUT2D eigenvalue weighted by atomic mass is 15.3. The number of fused-ring (bicyclic) bond motifs is 1. The highest BCUT2D eigenvalue weighted by molar-refractivity contribution is 5.83. The molecule has 1 N–H and O–H groups in total. The number of aryl methyl sites for hydroxylation is 1. The molecule has 2 heterocycles. The van der Waals surface area contributed by atoms with Crippen molar-refractivity contribution in [2.75, 3.05) is 19.4 Å². The molecule has 136 valence electrons. The van der Waals surface area contributed by atoms with E-state index >= 15 is 0 Å². The van der Waals surface area contributed by atoms with Crippen molar-refractivity contribution in [3.63, 3.8) is 0 Å². The van der Waals surface area contributed by atoms with Crippen molar-refractivity contribution in [3.05, 3.63) is 47.5 Å². The molecular weight excluding hydrogens is 324 g/mol. The van der Waals surface area contributed by atoms with Gasteiger partial charge in [0.05, 0.1) is 12.1 Å². The quantitative estimate of drug-likeness (QED) is 0.766. The molecule has 0 atom stereocenters. The van der Waals surface area contributed by atoms with Crippen LogP contribution in [0.2, 0.25) is 0 Å². The number of nitrogens with zero attached hydrogens (tertiary/aromatic N) is 5. The first-order chi connectivity index (χ1) is 12.5. The number of aromatic nitrogens is 4. The minimum absolute atomic E-state index is 0.446. The third-order valence-corrected chi connectivity index (χ3v) is 5.23. The SMILES string of the molecule is Cc1cc(NC2CC(c3nnc(CN(C)C)n3C)C2)nc2ccccc12. The number of hydrogen-bond donors (Lipinski definition) is 1. The van der Waals surface area contributed by atoms with Gasteiger partial charge in [0, 0.05) is 24.4 Å². The van der Waals surface area contributed by atoms with E-state index in [-0.39, 0.29) is 0 Å². The van der Waals surface area contributed by atoms with E-state index in [0.29, 0.717) is 12.0 Å². The van der Waals surface area contributed by atoms with Gasteiger partial charge < -0.3 is 14.8 Å². The maximum absolute atomic E-state index is 4.76. The molecule has 6 heteroatoms. The molecule has 26 heavy (non-hydrogen) atoms. The molecule has 1 aromatic carbocycles. The Morgan fingerprint density at radius 3 is 2.73 bits per heavy atom. The van der Waals surface area contributed by atoms with Crippen LogP contribution in [0.1, 0.15) is 36.0 Å². The summed E-state index contributed by atoms with van der Waals surface area (Å²) in [5.41, 5.74) is 2.31. The molecule has 0 spiro atoms. The number of para-hydroxylation sites is 1. The minimum atomic E-state index is 0.446. The second-order valence-corrected chi connectivity index (χ2v) is 7.62. The fraction of sp³-hybridized carbons (Fsp3) is 0.450. The molecule has 0 amide bonds. The van der Waals surface area contributed by atoms with Crippen LogP contribution in [0.25, 0.3) is 10.9 Å². The molecule has 1 aliphatic rings. The zero-order valence-corrected chi connectivity index (χ0v) is 15.9. The normalized spacial score (nSPS) is 19.7. The fourth-order valence-corrected chi connectivity index (χ4v) is 3.73. The van der Waals surface area contributed by atoms with Crippen molar-refractivity contribution in [2.24, 2.45) is 7.05 Å². The summed E-state index contributed by atoms with van der Waals surface area (Å²) < 4.78 is 2.15. The van der Waals surface area contributed by atoms with Crippen LogP contribution in [-0.2, 0) is 13.6 Å². The first kappa shape index (κ1) is 17.0. The van der Waals surface area contributed by atoms with Crippen molar-refractivity contribution < 1.29 is 0 Å². The van der Waals surface area contributed by atoms with Gasteiger partial charge >= 0.3 is 0 Å². The van der Waals surface area contributed by atoms with E-state index in [9.17, 15) is 0 Å². The van der Waals surface area contributed by atoms with Crippen molar-refractivity contribution >= 4 is 16.7 Å². The molecule has 2 aromatic heterocycles. The van der Waals surface area contributed by atoms with E-state index in [1.807, 2.05) is 6.07 Å². The standard InChI is InChI=1S/C20H26N6/c1-13-9-18(22-17-8-6-5-7-16(13)17)21-15-10-14(11-15)20-24-23-19(26(20)4)12-25(2)3/h5-9,14-15H,10-12H2,1-4H3,(H,21,22). The summed E-state index contributed by atoms with van der Waals surface area (Å²) in [7, 11) is 6.18. The summed E-state index contributed by atoms with van der Waals surface area (Å²) in [5, 5.41) is 13.6. The molecule has 3 aromatic rings. The van der Waals surface area contributed by atoms with Crippen LogP contribution in [0.15, 0.2) is 30.3 Å². The van der Waals surface area contributed by atoms with Gasteiger partial charge in [-0.2, -0.15) is 0 Å². The second-order valence-electron chi connectivity index (χ2n) is 7.62. The largest absolute Gasteiger partial charge is 0.367 e. The van der Waals surface area contributed by atoms with E-state index in [1.165, 1.54) is 10.9 Å². The van der Waals surface area contributed by atoms with Crippen molar-refractivity contribution in [1.82, 2.24) is 24.6 Å². The fourth-order valence-electron chi connectivity index (χ4n) is 3.73. The van der Waals surface area contributed by atoms with E-state index in [1.54, 1.807) is 0 Å². The molecule has 1 fully saturated rings. The molecule has 6 nitrogen and oxygen atoms in total. The number of benzene rings is 1. The Kier molecular flexibility index (Phi) is 4.36. The van der Waals surface area contributed by atoms with Gasteiger partial charge in [-0.25, -0.2) is 4.98 Å². The summed E-state index contributed by atoms with van der Waals surface area (Å²) in [5.74, 6) is 3.56. The van der Waals surface area contributed by atoms with Crippen LogP contribution in [0.3, 0.4) is 0 Å². The Labute approximate surface area is 154 Å². The van der Waals surface area contributed by atoms with Crippen LogP contribution in [0.5, 0.6) is 0 Å². The number of anilines is 1. The lowest BCUT2D eigenvalue weighted by molar-refractivity contribution is 0.347. The van der Waals surface area contributed by atoms with Gasteiger partial charge in [-0.05, 0) is 51.6 Å². The molecule has 0 radical (unpaired) electrons. The predicted molar refractivity (Wildman–Crippen MR) is 104 cm³/mol. The maximum Gasteiger partial charge on any atom is 0.146 e. The first-order valence-corrected chi connectivity index (χ1v) is 9.17. The zero-order valence-electron chi connectivity index (χ0n) is 15.9. The summed E-state index contributed by atoms with van der Waals surface area (Å²) >= 11 is 0. The third kappa shape index (κ3) is 3.17. The third-order valence-electron chi connectivity index (χ3n) is 5.23. The van der Waals surface area contributed by atoms with Gasteiger partial charge in [-0.3, -0.25) is 0 Å². The molecule has 0 bridgehead atoms. The van der Waals surface area contributed by atoms with E-state index in [2.05, 4.69) is 77.3 Å². The summed E-state index contributed by atoms with van der Waals surface area (Å²) in [6.07, 6.45) is 2.14. The average molecular weight is 350 g/mol. The summed E-state index contributed by atoms with van der Waals surface area (Å²) in [6, 6.07) is 10.9. The van der Waals surface area contributed by atoms with Gasteiger partial charge in [0.25, 0.3) is 0 Å². The topological polar surface area (TPSA) is 58.9 Å². The predicted octanol–water partition coefficient (Wildman–Crippen LogP) is 3.09. The lowest BCUT2D eigenvalue weighted by Crippen LogP contribution is -2.35. The van der Waals surface area contributed by atoms with Crippen molar-refractivity contribution in [3.8, 4) is 0 Å². The Morgan fingerprint density at radius 2 is 1.96 bits per heavy atom. The van der Waals surface area contributed by atoms with Crippen molar-refractivity contribution in [2.45, 2.75) is 38.3 Å². The highest BCUT2D eigenvalue weighted by Crippen LogP contribution is 2.37. The van der Waals surface area contributed by atoms with E-state index in [0.717, 1.165) is 42.4 Å². The van der Waals surface area contributed by atoms with Crippen LogP contribution in [-0.4, -0.2) is 44.8 Å². The number of hydrogen-bond acceptors (Lipinski definition) is 5. The molecule has 1 aliphatic carbocycles. The zero-order chi connectivity index (χ0) is 18.3. The Balaban J connectivity index is 1.42. The van der Waals surface area contributed by atoms with Gasteiger partial charge in [-0.1, -0.05) is 18.2 Å². The Morgan fingerprint density at radius 1 is 1.19 bits per heavy atom. The Bertz CT molecular complexity index is 923. The van der Waals surface area contributed by atoms with Crippen molar-refractivity contribution in [1.29, 1.82) is 0 Å². The highest BCUT2D eigenvalue weighted by Gasteiger charge is 2.34. The molecule has 1 saturated carbocycles. The lowest BCUT2D eigenvalue weighted by Gasteiger charge is -2.35. The Hall–Kier alpha value is -2.47. The van der Waals surface area contributed by atoms with Gasteiger partial charge in [-0.15, -0.1) is 10.2 Å². The molecule has 4 rings (SSSR count). The molecule has 0 saturated heterocycles.